The lowest BCUT2D eigenvalue weighted by molar-refractivity contribution is 0.0985. The maximum Gasteiger partial charge on any atom is 0.184 e. The van der Waals surface area contributed by atoms with E-state index in [0.717, 1.165) is 4.83 Å². The van der Waals surface area contributed by atoms with Gasteiger partial charge in [0.25, 0.3) is 0 Å². The highest BCUT2D eigenvalue weighted by Crippen LogP contribution is 2.16. The molecule has 0 unspecified atom stereocenters. The van der Waals surface area contributed by atoms with Crippen LogP contribution < -0.4 is 0 Å². The Hall–Kier alpha value is -1.16. The zero-order chi connectivity index (χ0) is 8.55. The van der Waals surface area contributed by atoms with E-state index in [-0.39, 0.29) is 5.78 Å². The van der Waals surface area contributed by atoms with Crippen molar-refractivity contribution < 1.29 is 4.79 Å². The summed E-state index contributed by atoms with van der Waals surface area (Å²) in [6.45, 7) is 1.85. The largest absolute Gasteiger partial charge is 0.296 e. The minimum Gasteiger partial charge on any atom is -0.296 e. The van der Waals surface area contributed by atoms with Crippen LogP contribution in [-0.4, -0.2) is 15.2 Å². The molecule has 2 heterocycles. The van der Waals surface area contributed by atoms with Gasteiger partial charge in [-0.2, -0.15) is 0 Å². The number of nitrogens with zero attached hydrogens (tertiary/aromatic N) is 2. The third-order valence-electron chi connectivity index (χ3n) is 1.73. The van der Waals surface area contributed by atoms with Gasteiger partial charge in [0, 0.05) is 18.0 Å². The van der Waals surface area contributed by atoms with Crippen LogP contribution in [0, 0.1) is 0 Å². The van der Waals surface area contributed by atoms with E-state index in [1.165, 1.54) is 0 Å². The van der Waals surface area contributed by atoms with Gasteiger partial charge in [-0.05, 0) is 0 Å². The van der Waals surface area contributed by atoms with E-state index in [9.17, 15) is 4.79 Å². The van der Waals surface area contributed by atoms with Gasteiger partial charge in [-0.15, -0.1) is 11.3 Å². The topological polar surface area (TPSA) is 34.4 Å². The van der Waals surface area contributed by atoms with Crippen molar-refractivity contribution in [3.63, 3.8) is 0 Å². The first-order chi connectivity index (χ1) is 5.83. The Kier molecular flexibility index (Phi) is 1.69. The fraction of sp³-hybridized carbons (Fsp3) is 0.250. The number of imidazole rings is 1. The molecule has 2 aromatic heterocycles. The van der Waals surface area contributed by atoms with Crippen molar-refractivity contribution in [3.8, 4) is 0 Å². The molecule has 0 saturated carbocycles. The summed E-state index contributed by atoms with van der Waals surface area (Å²) < 4.78 is 1.87. The third-order valence-corrected chi connectivity index (χ3v) is 2.62. The molecule has 0 fully saturated rings. The second-order valence-corrected chi connectivity index (χ2v) is 3.38. The Bertz CT molecular complexity index is 415. The second kappa shape index (κ2) is 2.71. The van der Waals surface area contributed by atoms with Gasteiger partial charge in [0.2, 0.25) is 0 Å². The number of carbonyl (C=O) groups is 1. The van der Waals surface area contributed by atoms with Gasteiger partial charge in [-0.1, -0.05) is 6.92 Å². The number of aromatic nitrogens is 2. The molecule has 0 bridgehead atoms. The minimum atomic E-state index is 0.111. The van der Waals surface area contributed by atoms with Crippen LogP contribution in [0.15, 0.2) is 17.9 Å². The van der Waals surface area contributed by atoms with Crippen molar-refractivity contribution in [2.24, 2.45) is 0 Å². The quantitative estimate of drug-likeness (QED) is 0.662. The molecule has 0 amide bonds. The van der Waals surface area contributed by atoms with Crippen molar-refractivity contribution in [1.82, 2.24) is 9.38 Å². The van der Waals surface area contributed by atoms with Crippen molar-refractivity contribution >= 4 is 22.0 Å². The molecule has 0 aromatic carbocycles. The second-order valence-electron chi connectivity index (χ2n) is 2.49. The molecule has 0 aliphatic rings. The maximum atomic E-state index is 11.3. The van der Waals surface area contributed by atoms with Crippen LogP contribution in [0.1, 0.15) is 23.8 Å². The smallest absolute Gasteiger partial charge is 0.184 e. The summed E-state index contributed by atoms with van der Waals surface area (Å²) in [5.74, 6) is 0.111. The summed E-state index contributed by atoms with van der Waals surface area (Å²) >= 11 is 1.54. The molecule has 3 nitrogen and oxygen atoms in total. The predicted octanol–water partition coefficient (Wildman–Crippen LogP) is 1.99. The summed E-state index contributed by atoms with van der Waals surface area (Å²) in [5.41, 5.74) is 0.604. The van der Waals surface area contributed by atoms with Crippen LogP contribution in [0.2, 0.25) is 0 Å². The van der Waals surface area contributed by atoms with Gasteiger partial charge in [0.15, 0.2) is 5.78 Å². The first kappa shape index (κ1) is 7.49. The molecular formula is C8H8N2OS. The number of ketones is 1. The normalized spacial score (nSPS) is 10.8. The molecule has 12 heavy (non-hydrogen) atoms. The molecule has 0 aliphatic carbocycles. The van der Waals surface area contributed by atoms with E-state index >= 15 is 0 Å². The standard InChI is InChI=1S/C8H8N2OS/c1-2-6(11)7-8-10(5-9-7)3-4-12-8/h3-5H,2H2,1H3. The molecule has 4 heteroatoms. The fourth-order valence-corrected chi connectivity index (χ4v) is 1.92. The monoisotopic (exact) mass is 180 g/mol. The van der Waals surface area contributed by atoms with Crippen molar-refractivity contribution in [2.45, 2.75) is 13.3 Å². The van der Waals surface area contributed by atoms with Gasteiger partial charge < -0.3 is 0 Å². The molecule has 62 valence electrons. The molecule has 0 spiro atoms. The molecule has 0 N–H and O–H groups in total. The van der Waals surface area contributed by atoms with E-state index in [1.807, 2.05) is 22.9 Å². The van der Waals surface area contributed by atoms with Gasteiger partial charge >= 0.3 is 0 Å². The number of thiazole rings is 1. The lowest BCUT2D eigenvalue weighted by Gasteiger charge is -1.88. The summed E-state index contributed by atoms with van der Waals surface area (Å²) in [6, 6.07) is 0. The van der Waals surface area contributed by atoms with E-state index in [0.29, 0.717) is 12.1 Å². The Labute approximate surface area is 73.7 Å². The lowest BCUT2D eigenvalue weighted by Crippen LogP contribution is -1.96. The van der Waals surface area contributed by atoms with Crippen LogP contribution in [0.4, 0.5) is 0 Å². The van der Waals surface area contributed by atoms with E-state index < -0.39 is 0 Å². The van der Waals surface area contributed by atoms with Gasteiger partial charge in [-0.3, -0.25) is 9.20 Å². The number of hydrogen-bond acceptors (Lipinski definition) is 3. The zero-order valence-electron chi connectivity index (χ0n) is 6.65. The SMILES string of the molecule is CCC(=O)c1ncn2ccsc12. The van der Waals surface area contributed by atoms with Crippen molar-refractivity contribution in [1.29, 1.82) is 0 Å². The number of hydrogen-bond donors (Lipinski definition) is 0. The Morgan fingerprint density at radius 3 is 3.33 bits per heavy atom. The highest BCUT2D eigenvalue weighted by Gasteiger charge is 2.11. The average Bonchev–Trinajstić information content (AvgIpc) is 2.62. The fourth-order valence-electron chi connectivity index (χ4n) is 1.09. The Morgan fingerprint density at radius 1 is 1.75 bits per heavy atom. The Morgan fingerprint density at radius 2 is 2.58 bits per heavy atom. The van der Waals surface area contributed by atoms with E-state index in [1.54, 1.807) is 17.7 Å². The first-order valence-corrected chi connectivity index (χ1v) is 4.64. The van der Waals surface area contributed by atoms with Crippen LogP contribution in [-0.2, 0) is 0 Å². The summed E-state index contributed by atoms with van der Waals surface area (Å²) in [4.78, 5) is 16.3. The summed E-state index contributed by atoms with van der Waals surface area (Å²) in [6.07, 6.45) is 4.10. The van der Waals surface area contributed by atoms with Crippen LogP contribution in [0.25, 0.3) is 4.83 Å². The van der Waals surface area contributed by atoms with E-state index in [4.69, 9.17) is 0 Å². The molecular weight excluding hydrogens is 172 g/mol. The van der Waals surface area contributed by atoms with Crippen LogP contribution in [0.5, 0.6) is 0 Å². The summed E-state index contributed by atoms with van der Waals surface area (Å²) in [5, 5.41) is 1.95. The minimum absolute atomic E-state index is 0.111. The zero-order valence-corrected chi connectivity index (χ0v) is 7.47. The highest BCUT2D eigenvalue weighted by atomic mass is 32.1. The number of rotatable bonds is 2. The highest BCUT2D eigenvalue weighted by molar-refractivity contribution is 7.15. The van der Waals surface area contributed by atoms with E-state index in [2.05, 4.69) is 4.98 Å². The van der Waals surface area contributed by atoms with Crippen LogP contribution in [0.3, 0.4) is 0 Å². The van der Waals surface area contributed by atoms with Gasteiger partial charge in [0.05, 0.1) is 0 Å². The lowest BCUT2D eigenvalue weighted by atomic mass is 10.2. The number of fused-ring (bicyclic) bond motifs is 1. The predicted molar refractivity (Wildman–Crippen MR) is 47.7 cm³/mol. The number of carbonyl (C=O) groups excluding carboxylic acids is 1. The third kappa shape index (κ3) is 0.956. The van der Waals surface area contributed by atoms with Crippen molar-refractivity contribution in [2.75, 3.05) is 0 Å². The van der Waals surface area contributed by atoms with Gasteiger partial charge in [0.1, 0.15) is 16.9 Å². The molecule has 0 saturated heterocycles. The first-order valence-electron chi connectivity index (χ1n) is 3.76. The van der Waals surface area contributed by atoms with Gasteiger partial charge in [-0.25, -0.2) is 4.98 Å². The maximum absolute atomic E-state index is 11.3. The molecule has 2 rings (SSSR count). The molecule has 0 aliphatic heterocycles. The average molecular weight is 180 g/mol. The Balaban J connectivity index is 2.61. The summed E-state index contributed by atoms with van der Waals surface area (Å²) in [7, 11) is 0. The molecule has 0 atom stereocenters. The number of Topliss-reactive ketones (excluding diaryl/α,β-unsaturated/α-hetero) is 1. The van der Waals surface area contributed by atoms with Crippen LogP contribution >= 0.6 is 11.3 Å². The van der Waals surface area contributed by atoms with Crippen molar-refractivity contribution in [3.05, 3.63) is 23.6 Å². The molecule has 0 radical (unpaired) electrons. The molecule has 2 aromatic rings.